The van der Waals surface area contributed by atoms with Crippen molar-refractivity contribution in [2.75, 3.05) is 6.54 Å². The lowest BCUT2D eigenvalue weighted by atomic mass is 9.81. The second kappa shape index (κ2) is 9.79. The smallest absolute Gasteiger partial charge is 0.223 e. The summed E-state index contributed by atoms with van der Waals surface area (Å²) < 4.78 is 0. The Balaban J connectivity index is 1.53. The molecule has 1 aliphatic rings. The van der Waals surface area contributed by atoms with Crippen LogP contribution in [0.25, 0.3) is 11.3 Å². The molecule has 31 heavy (non-hydrogen) atoms. The van der Waals surface area contributed by atoms with Crippen molar-refractivity contribution in [1.29, 1.82) is 0 Å². The first-order chi connectivity index (χ1) is 15.1. The minimum absolute atomic E-state index is 0.0292. The van der Waals surface area contributed by atoms with E-state index >= 15 is 0 Å². The third-order valence-electron chi connectivity index (χ3n) is 6.22. The first-order valence-corrected chi connectivity index (χ1v) is 11.0. The molecule has 3 aromatic rings. The van der Waals surface area contributed by atoms with Crippen molar-refractivity contribution in [3.8, 4) is 17.0 Å². The number of nitrogens with one attached hydrogen (secondary N) is 2. The number of carbonyl (C=O) groups is 1. The van der Waals surface area contributed by atoms with Gasteiger partial charge in [0.05, 0.1) is 11.7 Å². The molecule has 1 fully saturated rings. The van der Waals surface area contributed by atoms with Crippen molar-refractivity contribution in [2.24, 2.45) is 17.6 Å². The van der Waals surface area contributed by atoms with Crippen molar-refractivity contribution >= 4 is 5.91 Å². The molecule has 2 aromatic carbocycles. The molecule has 162 valence electrons. The van der Waals surface area contributed by atoms with E-state index in [0.717, 1.165) is 42.5 Å². The summed E-state index contributed by atoms with van der Waals surface area (Å²) in [5, 5.41) is 13.0. The van der Waals surface area contributed by atoms with Gasteiger partial charge in [0, 0.05) is 17.7 Å². The number of benzene rings is 2. The van der Waals surface area contributed by atoms with Crippen LogP contribution in [0.3, 0.4) is 0 Å². The van der Waals surface area contributed by atoms with Crippen LogP contribution >= 0.6 is 0 Å². The first-order valence-electron chi connectivity index (χ1n) is 11.0. The Kier molecular flexibility index (Phi) is 6.67. The summed E-state index contributed by atoms with van der Waals surface area (Å²) in [6.07, 6.45) is 6.27. The number of nitrogens with two attached hydrogens (primary N) is 1. The maximum Gasteiger partial charge on any atom is 0.223 e. The maximum absolute atomic E-state index is 13.1. The van der Waals surface area contributed by atoms with E-state index in [2.05, 4.69) is 22.4 Å². The normalized spacial score (nSPS) is 19.6. The average Bonchev–Trinajstić information content (AvgIpc) is 3.30. The summed E-state index contributed by atoms with van der Waals surface area (Å²) in [5.41, 5.74) is 8.50. The van der Waals surface area contributed by atoms with Crippen LogP contribution in [0.5, 0.6) is 5.75 Å². The van der Waals surface area contributed by atoms with Gasteiger partial charge in [0.25, 0.3) is 0 Å². The van der Waals surface area contributed by atoms with Crippen LogP contribution in [0.2, 0.25) is 0 Å². The molecule has 0 bridgehead atoms. The summed E-state index contributed by atoms with van der Waals surface area (Å²) in [4.78, 5) is 21.1. The van der Waals surface area contributed by atoms with E-state index in [-0.39, 0.29) is 23.6 Å². The van der Waals surface area contributed by atoms with Crippen LogP contribution in [0.15, 0.2) is 60.8 Å². The zero-order chi connectivity index (χ0) is 21.6. The van der Waals surface area contributed by atoms with Crippen LogP contribution in [0.4, 0.5) is 0 Å². The summed E-state index contributed by atoms with van der Waals surface area (Å²) in [6, 6.07) is 16.9. The fourth-order valence-electron chi connectivity index (χ4n) is 4.34. The number of imidazole rings is 1. The van der Waals surface area contributed by atoms with Crippen LogP contribution in [0, 0.1) is 11.8 Å². The second-order valence-electron chi connectivity index (χ2n) is 8.43. The van der Waals surface area contributed by atoms with Crippen LogP contribution < -0.4 is 11.1 Å². The molecule has 0 spiro atoms. The monoisotopic (exact) mass is 418 g/mol. The Bertz CT molecular complexity index is 994. The number of phenols is 1. The molecule has 6 heteroatoms. The van der Waals surface area contributed by atoms with Crippen LogP contribution in [-0.2, 0) is 11.2 Å². The molecular weight excluding hydrogens is 388 g/mol. The van der Waals surface area contributed by atoms with Gasteiger partial charge < -0.3 is 21.1 Å². The first kappa shape index (κ1) is 21.1. The van der Waals surface area contributed by atoms with E-state index < -0.39 is 0 Å². The number of phenolic OH excluding ortho intramolecular Hbond substituents is 1. The number of aromatic hydroxyl groups is 1. The number of nitrogens with zero attached hydrogens (tertiary/aromatic N) is 1. The number of aromatic amines is 1. The molecule has 1 aliphatic carbocycles. The number of H-pyrrole nitrogens is 1. The van der Waals surface area contributed by atoms with Crippen molar-refractivity contribution in [1.82, 2.24) is 15.3 Å². The third kappa shape index (κ3) is 5.33. The van der Waals surface area contributed by atoms with Gasteiger partial charge in [0.15, 0.2) is 0 Å². The summed E-state index contributed by atoms with van der Waals surface area (Å²) in [7, 11) is 0. The number of hydrogen-bond acceptors (Lipinski definition) is 4. The van der Waals surface area contributed by atoms with Crippen LogP contribution in [0.1, 0.15) is 43.1 Å². The van der Waals surface area contributed by atoms with Gasteiger partial charge in [-0.05, 0) is 62.3 Å². The highest BCUT2D eigenvalue weighted by Crippen LogP contribution is 2.29. The molecule has 1 aromatic heterocycles. The lowest BCUT2D eigenvalue weighted by molar-refractivity contribution is -0.127. The minimum Gasteiger partial charge on any atom is -0.508 e. The Labute approximate surface area is 182 Å². The standard InChI is InChI=1S/C25H30N4O2/c26-15-18-9-11-19(12-10-18)25(31)29-22(13-17-5-2-1-3-6-17)24-27-16-23(28-24)20-7-4-8-21(30)14-20/h1-8,14,16,18-19,22,30H,9-13,15,26H2,(H,27,28)(H,29,31)/t18-,19-,22-/m0/s1. The van der Waals surface area contributed by atoms with Gasteiger partial charge in [-0.1, -0.05) is 42.5 Å². The Morgan fingerprint density at radius 2 is 1.90 bits per heavy atom. The molecule has 1 saturated carbocycles. The molecule has 0 unspecified atom stereocenters. The van der Waals surface area contributed by atoms with E-state index in [4.69, 9.17) is 10.7 Å². The van der Waals surface area contributed by atoms with Crippen molar-refractivity contribution in [3.63, 3.8) is 0 Å². The van der Waals surface area contributed by atoms with Crippen molar-refractivity contribution in [3.05, 3.63) is 72.2 Å². The highest BCUT2D eigenvalue weighted by atomic mass is 16.3. The van der Waals surface area contributed by atoms with Crippen molar-refractivity contribution in [2.45, 2.75) is 38.1 Å². The van der Waals surface area contributed by atoms with Crippen LogP contribution in [-0.4, -0.2) is 27.5 Å². The predicted octanol–water partition coefficient (Wildman–Crippen LogP) is 3.95. The van der Waals surface area contributed by atoms with Gasteiger partial charge in [0.1, 0.15) is 11.6 Å². The van der Waals surface area contributed by atoms with Gasteiger partial charge in [-0.2, -0.15) is 0 Å². The number of amides is 1. The maximum atomic E-state index is 13.1. The van der Waals surface area contributed by atoms with Gasteiger partial charge in [0.2, 0.25) is 5.91 Å². The number of rotatable bonds is 7. The average molecular weight is 419 g/mol. The number of aromatic nitrogens is 2. The van der Waals surface area contributed by atoms with E-state index in [1.165, 1.54) is 0 Å². The van der Waals surface area contributed by atoms with Crippen molar-refractivity contribution < 1.29 is 9.90 Å². The van der Waals surface area contributed by atoms with Gasteiger partial charge in [-0.25, -0.2) is 4.98 Å². The Morgan fingerprint density at radius 3 is 2.61 bits per heavy atom. The minimum atomic E-state index is -0.256. The SMILES string of the molecule is NC[C@H]1CC[C@H](C(=O)N[C@@H](Cc2ccccc2)c2nc(-c3cccc(O)c3)c[nH]2)CC1. The van der Waals surface area contributed by atoms with Gasteiger partial charge in [-0.3, -0.25) is 4.79 Å². The molecule has 1 amide bonds. The lowest BCUT2D eigenvalue weighted by Gasteiger charge is -2.28. The zero-order valence-corrected chi connectivity index (χ0v) is 17.6. The fourth-order valence-corrected chi connectivity index (χ4v) is 4.34. The summed E-state index contributed by atoms with van der Waals surface area (Å²) >= 11 is 0. The van der Waals surface area contributed by atoms with E-state index in [1.54, 1.807) is 18.2 Å². The topological polar surface area (TPSA) is 104 Å². The Hall–Kier alpha value is -3.12. The summed E-state index contributed by atoms with van der Waals surface area (Å²) in [5.74, 6) is 1.57. The van der Waals surface area contributed by atoms with E-state index in [9.17, 15) is 9.90 Å². The molecule has 0 saturated heterocycles. The van der Waals surface area contributed by atoms with E-state index in [0.29, 0.717) is 24.7 Å². The highest BCUT2D eigenvalue weighted by Gasteiger charge is 2.28. The zero-order valence-electron chi connectivity index (χ0n) is 17.6. The Morgan fingerprint density at radius 1 is 1.13 bits per heavy atom. The molecule has 1 heterocycles. The second-order valence-corrected chi connectivity index (χ2v) is 8.43. The predicted molar refractivity (Wildman–Crippen MR) is 121 cm³/mol. The molecular formula is C25H30N4O2. The fraction of sp³-hybridized carbons (Fsp3) is 0.360. The molecule has 1 atom stereocenters. The summed E-state index contributed by atoms with van der Waals surface area (Å²) in [6.45, 7) is 0.704. The number of carbonyl (C=O) groups excluding carboxylic acids is 1. The quantitative estimate of drug-likeness (QED) is 0.466. The number of hydrogen-bond donors (Lipinski definition) is 4. The lowest BCUT2D eigenvalue weighted by Crippen LogP contribution is -2.37. The molecule has 6 nitrogen and oxygen atoms in total. The molecule has 4 rings (SSSR count). The third-order valence-corrected chi connectivity index (χ3v) is 6.22. The van der Waals surface area contributed by atoms with Gasteiger partial charge in [-0.15, -0.1) is 0 Å². The molecule has 0 aliphatic heterocycles. The largest absolute Gasteiger partial charge is 0.508 e. The van der Waals surface area contributed by atoms with E-state index in [1.807, 2.05) is 30.5 Å². The highest BCUT2D eigenvalue weighted by molar-refractivity contribution is 5.79. The van der Waals surface area contributed by atoms with Gasteiger partial charge >= 0.3 is 0 Å². The molecule has 5 N–H and O–H groups in total. The molecule has 0 radical (unpaired) electrons.